The number of carbonyl (C=O) groups is 1. The van der Waals surface area contributed by atoms with Gasteiger partial charge in [0.15, 0.2) is 0 Å². The Morgan fingerprint density at radius 3 is 3.08 bits per heavy atom. The minimum atomic E-state index is -0.154. The first-order valence-electron chi connectivity index (χ1n) is 8.27. The first-order valence-corrected chi connectivity index (χ1v) is 8.27. The number of carbonyl (C=O) groups excluding carboxylic acids is 1. The van der Waals surface area contributed by atoms with E-state index in [-0.39, 0.29) is 24.7 Å². The second-order valence-electron chi connectivity index (χ2n) is 6.14. The standard InChI is InChI=1S/C17H23N5O2/c1-13(10-21-12-18-11-19-21)20-17(24)22(8-9-23)16-7-6-14-4-2-3-5-15(14)16/h2-5,11-13,16,23H,6-10H2,1H3,(H,20,24). The van der Waals surface area contributed by atoms with Crippen LogP contribution in [0.2, 0.25) is 0 Å². The highest BCUT2D eigenvalue weighted by atomic mass is 16.3. The van der Waals surface area contributed by atoms with Gasteiger partial charge in [-0.25, -0.2) is 9.78 Å². The van der Waals surface area contributed by atoms with E-state index in [4.69, 9.17) is 0 Å². The second kappa shape index (κ2) is 7.44. The van der Waals surface area contributed by atoms with Crippen LogP contribution in [-0.2, 0) is 13.0 Å². The maximum absolute atomic E-state index is 12.7. The highest BCUT2D eigenvalue weighted by molar-refractivity contribution is 5.75. The first kappa shape index (κ1) is 16.4. The average Bonchev–Trinajstić information content (AvgIpc) is 3.22. The van der Waals surface area contributed by atoms with Gasteiger partial charge in [0, 0.05) is 12.6 Å². The summed E-state index contributed by atoms with van der Waals surface area (Å²) < 4.78 is 1.69. The molecule has 24 heavy (non-hydrogen) atoms. The van der Waals surface area contributed by atoms with Crippen LogP contribution in [0.25, 0.3) is 0 Å². The molecule has 2 atom stereocenters. The van der Waals surface area contributed by atoms with E-state index in [0.29, 0.717) is 13.1 Å². The molecule has 0 fully saturated rings. The van der Waals surface area contributed by atoms with Crippen LogP contribution in [0.1, 0.15) is 30.5 Å². The Labute approximate surface area is 141 Å². The van der Waals surface area contributed by atoms with E-state index in [1.54, 1.807) is 15.9 Å². The highest BCUT2D eigenvalue weighted by Gasteiger charge is 2.30. The largest absolute Gasteiger partial charge is 0.395 e. The second-order valence-corrected chi connectivity index (χ2v) is 6.14. The van der Waals surface area contributed by atoms with Crippen LogP contribution in [0, 0.1) is 0 Å². The van der Waals surface area contributed by atoms with Crippen molar-refractivity contribution >= 4 is 6.03 Å². The molecular weight excluding hydrogens is 306 g/mol. The van der Waals surface area contributed by atoms with Crippen molar-refractivity contribution in [2.24, 2.45) is 0 Å². The molecule has 1 aliphatic rings. The average molecular weight is 329 g/mol. The number of rotatable bonds is 6. The van der Waals surface area contributed by atoms with Crippen molar-refractivity contribution in [3.8, 4) is 0 Å². The fourth-order valence-corrected chi connectivity index (χ4v) is 3.31. The molecule has 2 unspecified atom stereocenters. The lowest BCUT2D eigenvalue weighted by Gasteiger charge is -2.30. The SMILES string of the molecule is CC(Cn1cncn1)NC(=O)N(CCO)C1CCc2ccccc21. The maximum atomic E-state index is 12.7. The number of urea groups is 1. The van der Waals surface area contributed by atoms with Crippen LogP contribution in [0.5, 0.6) is 0 Å². The maximum Gasteiger partial charge on any atom is 0.318 e. The van der Waals surface area contributed by atoms with Gasteiger partial charge in [-0.15, -0.1) is 0 Å². The van der Waals surface area contributed by atoms with E-state index in [1.807, 2.05) is 19.1 Å². The molecule has 2 aromatic rings. The first-order chi connectivity index (χ1) is 11.7. The Morgan fingerprint density at radius 2 is 2.33 bits per heavy atom. The lowest BCUT2D eigenvalue weighted by atomic mass is 10.1. The Bertz CT molecular complexity index is 673. The smallest absolute Gasteiger partial charge is 0.318 e. The zero-order valence-electron chi connectivity index (χ0n) is 13.8. The van der Waals surface area contributed by atoms with Gasteiger partial charge in [0.05, 0.1) is 19.2 Å². The third kappa shape index (κ3) is 3.56. The summed E-state index contributed by atoms with van der Waals surface area (Å²) in [6, 6.07) is 7.99. The summed E-state index contributed by atoms with van der Waals surface area (Å²) in [6.45, 7) is 2.75. The van der Waals surface area contributed by atoms with Crippen molar-refractivity contribution in [1.29, 1.82) is 0 Å². The number of aliphatic hydroxyl groups excluding tert-OH is 1. The summed E-state index contributed by atoms with van der Waals surface area (Å²) in [6.07, 6.45) is 4.96. The highest BCUT2D eigenvalue weighted by Crippen LogP contribution is 2.35. The molecule has 0 spiro atoms. The number of nitrogens with one attached hydrogen (secondary N) is 1. The van der Waals surface area contributed by atoms with Crippen molar-refractivity contribution in [1.82, 2.24) is 25.0 Å². The predicted octanol–water partition coefficient (Wildman–Crippen LogP) is 1.36. The number of aromatic nitrogens is 3. The number of fused-ring (bicyclic) bond motifs is 1. The summed E-state index contributed by atoms with van der Waals surface area (Å²) in [4.78, 5) is 18.4. The van der Waals surface area contributed by atoms with E-state index < -0.39 is 0 Å². The Kier molecular flexibility index (Phi) is 5.10. The quantitative estimate of drug-likeness (QED) is 0.838. The topological polar surface area (TPSA) is 83.3 Å². The molecule has 0 aliphatic heterocycles. The molecule has 3 rings (SSSR count). The Morgan fingerprint density at radius 1 is 1.50 bits per heavy atom. The molecule has 1 aromatic carbocycles. The van der Waals surface area contributed by atoms with Crippen LogP contribution in [0.15, 0.2) is 36.9 Å². The molecule has 1 aliphatic carbocycles. The van der Waals surface area contributed by atoms with E-state index in [0.717, 1.165) is 12.8 Å². The molecule has 1 heterocycles. The van der Waals surface area contributed by atoms with Crippen molar-refractivity contribution in [3.63, 3.8) is 0 Å². The summed E-state index contributed by atoms with van der Waals surface area (Å²) >= 11 is 0. The van der Waals surface area contributed by atoms with Crippen LogP contribution in [-0.4, -0.2) is 50.0 Å². The van der Waals surface area contributed by atoms with Crippen LogP contribution < -0.4 is 5.32 Å². The van der Waals surface area contributed by atoms with Gasteiger partial charge >= 0.3 is 6.03 Å². The molecule has 7 heteroatoms. The third-order valence-electron chi connectivity index (χ3n) is 4.38. The lowest BCUT2D eigenvalue weighted by Crippen LogP contribution is -2.47. The van der Waals surface area contributed by atoms with E-state index in [2.05, 4.69) is 27.5 Å². The minimum Gasteiger partial charge on any atom is -0.395 e. The zero-order valence-corrected chi connectivity index (χ0v) is 13.8. The number of aryl methyl sites for hydroxylation is 1. The number of hydrogen-bond donors (Lipinski definition) is 2. The number of amides is 2. The molecule has 7 nitrogen and oxygen atoms in total. The fourth-order valence-electron chi connectivity index (χ4n) is 3.31. The minimum absolute atomic E-state index is 0.0203. The molecule has 2 amide bonds. The van der Waals surface area contributed by atoms with Crippen LogP contribution >= 0.6 is 0 Å². The monoisotopic (exact) mass is 329 g/mol. The van der Waals surface area contributed by atoms with Gasteiger partial charge in [0.1, 0.15) is 12.7 Å². The van der Waals surface area contributed by atoms with Crippen LogP contribution in [0.4, 0.5) is 4.79 Å². The van der Waals surface area contributed by atoms with Crippen molar-refractivity contribution in [2.75, 3.05) is 13.2 Å². The van der Waals surface area contributed by atoms with Gasteiger partial charge in [-0.1, -0.05) is 24.3 Å². The van der Waals surface area contributed by atoms with E-state index in [1.165, 1.54) is 17.5 Å². The lowest BCUT2D eigenvalue weighted by molar-refractivity contribution is 0.148. The van der Waals surface area contributed by atoms with E-state index >= 15 is 0 Å². The number of aliphatic hydroxyl groups is 1. The van der Waals surface area contributed by atoms with Gasteiger partial charge in [-0.05, 0) is 30.9 Å². The van der Waals surface area contributed by atoms with Gasteiger partial charge in [-0.2, -0.15) is 5.10 Å². The summed E-state index contributed by atoms with van der Waals surface area (Å²) in [5.74, 6) is 0. The Balaban J connectivity index is 1.68. The molecule has 128 valence electrons. The molecule has 0 radical (unpaired) electrons. The molecule has 1 aromatic heterocycles. The molecular formula is C17H23N5O2. The molecule has 0 saturated heterocycles. The number of nitrogens with zero attached hydrogens (tertiary/aromatic N) is 4. The van der Waals surface area contributed by atoms with Gasteiger partial charge < -0.3 is 15.3 Å². The summed E-state index contributed by atoms with van der Waals surface area (Å²) in [5.41, 5.74) is 2.47. The van der Waals surface area contributed by atoms with Crippen LogP contribution in [0.3, 0.4) is 0 Å². The third-order valence-corrected chi connectivity index (χ3v) is 4.38. The summed E-state index contributed by atoms with van der Waals surface area (Å²) in [5, 5.41) is 16.4. The van der Waals surface area contributed by atoms with Gasteiger partial charge in [0.2, 0.25) is 0 Å². The number of benzene rings is 1. The van der Waals surface area contributed by atoms with E-state index in [9.17, 15) is 9.90 Å². The van der Waals surface area contributed by atoms with Crippen molar-refractivity contribution < 1.29 is 9.90 Å². The van der Waals surface area contributed by atoms with Gasteiger partial charge in [0.25, 0.3) is 0 Å². The zero-order chi connectivity index (χ0) is 16.9. The molecule has 2 N–H and O–H groups in total. The number of hydrogen-bond acceptors (Lipinski definition) is 4. The van der Waals surface area contributed by atoms with Crippen molar-refractivity contribution in [3.05, 3.63) is 48.0 Å². The Hall–Kier alpha value is -2.41. The molecule has 0 saturated carbocycles. The van der Waals surface area contributed by atoms with Crippen molar-refractivity contribution in [2.45, 2.75) is 38.4 Å². The summed E-state index contributed by atoms with van der Waals surface area (Å²) in [7, 11) is 0. The fraction of sp³-hybridized carbons (Fsp3) is 0.471. The van der Waals surface area contributed by atoms with Gasteiger partial charge in [-0.3, -0.25) is 4.68 Å². The molecule has 0 bridgehead atoms. The normalized spacial score (nSPS) is 17.3. The predicted molar refractivity (Wildman–Crippen MR) is 89.3 cm³/mol.